The molecule has 0 radical (unpaired) electrons. The molecule has 1 aromatic carbocycles. The number of pyridine rings is 1. The number of rotatable bonds is 6. The lowest BCUT2D eigenvalue weighted by Gasteiger charge is -2.17. The van der Waals surface area contributed by atoms with E-state index in [0.717, 1.165) is 6.20 Å². The molecule has 1 amide bonds. The average Bonchev–Trinajstić information content (AvgIpc) is 3.14. The molecule has 0 bridgehead atoms. The summed E-state index contributed by atoms with van der Waals surface area (Å²) in [6.45, 7) is 2.57. The number of nitrogens with one attached hydrogen (secondary N) is 3. The number of alkyl halides is 3. The Hall–Kier alpha value is -3.56. The molecule has 29 heavy (non-hydrogen) atoms. The van der Waals surface area contributed by atoms with Gasteiger partial charge in [-0.3, -0.25) is 9.48 Å². The Kier molecular flexibility index (Phi) is 5.71. The van der Waals surface area contributed by atoms with Crippen molar-refractivity contribution < 1.29 is 18.0 Å². The highest BCUT2D eigenvalue weighted by atomic mass is 19.4. The Bertz CT molecular complexity index is 1020. The number of halogens is 3. The lowest BCUT2D eigenvalue weighted by Crippen LogP contribution is -2.19. The van der Waals surface area contributed by atoms with Crippen LogP contribution in [-0.2, 0) is 12.7 Å². The Morgan fingerprint density at radius 3 is 2.55 bits per heavy atom. The van der Waals surface area contributed by atoms with Crippen LogP contribution in [0.3, 0.4) is 0 Å². The van der Waals surface area contributed by atoms with Crippen molar-refractivity contribution in [2.75, 3.05) is 17.7 Å². The minimum Gasteiger partial charge on any atom is -0.355 e. The monoisotopic (exact) mass is 404 g/mol. The SMILES string of the molecule is CCn1cc(Nc2cc(Nc3ccccc3C(=O)NC)c(C(F)(F)F)cn2)cn1. The Morgan fingerprint density at radius 1 is 1.14 bits per heavy atom. The summed E-state index contributed by atoms with van der Waals surface area (Å²) in [5.74, 6) is -0.213. The number of carbonyl (C=O) groups is 1. The van der Waals surface area contributed by atoms with Gasteiger partial charge in [0.15, 0.2) is 0 Å². The second kappa shape index (κ2) is 8.21. The molecule has 3 aromatic rings. The molecule has 3 N–H and O–H groups in total. The van der Waals surface area contributed by atoms with E-state index in [0.29, 0.717) is 12.2 Å². The number of benzene rings is 1. The Labute approximate surface area is 165 Å². The van der Waals surface area contributed by atoms with Gasteiger partial charge in [0.2, 0.25) is 0 Å². The van der Waals surface area contributed by atoms with Crippen molar-refractivity contribution in [3.05, 3.63) is 60.0 Å². The van der Waals surface area contributed by atoms with Gasteiger partial charge in [-0.1, -0.05) is 12.1 Å². The highest BCUT2D eigenvalue weighted by Crippen LogP contribution is 2.37. The van der Waals surface area contributed by atoms with Crippen molar-refractivity contribution in [3.63, 3.8) is 0 Å². The molecule has 7 nitrogen and oxygen atoms in total. The minimum absolute atomic E-state index is 0.202. The smallest absolute Gasteiger partial charge is 0.355 e. The number of carbonyl (C=O) groups excluding carboxylic acids is 1. The highest BCUT2D eigenvalue weighted by Gasteiger charge is 2.34. The molecule has 2 aromatic heterocycles. The summed E-state index contributed by atoms with van der Waals surface area (Å²) in [7, 11) is 1.45. The fourth-order valence-corrected chi connectivity index (χ4v) is 2.67. The second-order valence-electron chi connectivity index (χ2n) is 6.07. The molecule has 0 unspecified atom stereocenters. The number of nitrogens with zero attached hydrogens (tertiary/aromatic N) is 3. The lowest BCUT2D eigenvalue weighted by atomic mass is 10.1. The van der Waals surface area contributed by atoms with Gasteiger partial charge < -0.3 is 16.0 Å². The van der Waals surface area contributed by atoms with E-state index in [1.807, 2.05) is 6.92 Å². The third-order valence-corrected chi connectivity index (χ3v) is 4.11. The molecule has 0 saturated carbocycles. The number of hydrogen-bond donors (Lipinski definition) is 3. The molecule has 0 fully saturated rings. The van der Waals surface area contributed by atoms with E-state index in [9.17, 15) is 18.0 Å². The first-order chi connectivity index (χ1) is 13.8. The zero-order chi connectivity index (χ0) is 21.0. The normalized spacial score (nSPS) is 11.2. The third-order valence-electron chi connectivity index (χ3n) is 4.11. The number of aromatic nitrogens is 3. The van der Waals surface area contributed by atoms with Crippen LogP contribution in [0.1, 0.15) is 22.8 Å². The topological polar surface area (TPSA) is 83.9 Å². The van der Waals surface area contributed by atoms with E-state index in [1.54, 1.807) is 29.2 Å². The van der Waals surface area contributed by atoms with Gasteiger partial charge in [0.1, 0.15) is 5.82 Å². The highest BCUT2D eigenvalue weighted by molar-refractivity contribution is 6.00. The van der Waals surface area contributed by atoms with Gasteiger partial charge in [-0.05, 0) is 19.1 Å². The fourth-order valence-electron chi connectivity index (χ4n) is 2.67. The molecule has 152 valence electrons. The molecular formula is C19H19F3N6O. The summed E-state index contributed by atoms with van der Waals surface area (Å²) in [4.78, 5) is 15.9. The zero-order valence-electron chi connectivity index (χ0n) is 15.7. The van der Waals surface area contributed by atoms with Gasteiger partial charge >= 0.3 is 6.18 Å². The van der Waals surface area contributed by atoms with Crippen LogP contribution in [-0.4, -0.2) is 27.7 Å². The van der Waals surface area contributed by atoms with E-state index in [2.05, 4.69) is 26.0 Å². The van der Waals surface area contributed by atoms with Crippen LogP contribution in [0.15, 0.2) is 48.9 Å². The van der Waals surface area contributed by atoms with Crippen LogP contribution in [0.25, 0.3) is 0 Å². The summed E-state index contributed by atoms with van der Waals surface area (Å²) in [5, 5.41) is 12.2. The van der Waals surface area contributed by atoms with Crippen LogP contribution in [0, 0.1) is 0 Å². The summed E-state index contributed by atoms with van der Waals surface area (Å²) in [5.41, 5.74) is -0.115. The maximum absolute atomic E-state index is 13.5. The quantitative estimate of drug-likeness (QED) is 0.575. The van der Waals surface area contributed by atoms with Crippen LogP contribution >= 0.6 is 0 Å². The van der Waals surface area contributed by atoms with Crippen molar-refractivity contribution in [1.82, 2.24) is 20.1 Å². The van der Waals surface area contributed by atoms with E-state index < -0.39 is 17.6 Å². The van der Waals surface area contributed by atoms with E-state index in [1.165, 1.54) is 25.2 Å². The van der Waals surface area contributed by atoms with E-state index >= 15 is 0 Å². The van der Waals surface area contributed by atoms with Gasteiger partial charge in [-0.25, -0.2) is 4.98 Å². The molecule has 0 atom stereocenters. The average molecular weight is 404 g/mol. The Balaban J connectivity index is 1.98. The summed E-state index contributed by atoms with van der Waals surface area (Å²) in [6.07, 6.45) is -0.607. The van der Waals surface area contributed by atoms with Crippen molar-refractivity contribution >= 4 is 28.8 Å². The first kappa shape index (κ1) is 20.2. The molecule has 10 heteroatoms. The predicted octanol–water partition coefficient (Wildman–Crippen LogP) is 4.16. The fraction of sp³-hybridized carbons (Fsp3) is 0.211. The van der Waals surface area contributed by atoms with Crippen LogP contribution < -0.4 is 16.0 Å². The van der Waals surface area contributed by atoms with Gasteiger partial charge in [0.25, 0.3) is 5.91 Å². The molecule has 0 spiro atoms. The first-order valence-corrected chi connectivity index (χ1v) is 8.76. The van der Waals surface area contributed by atoms with E-state index in [4.69, 9.17) is 0 Å². The minimum atomic E-state index is -4.62. The van der Waals surface area contributed by atoms with Crippen LogP contribution in [0.4, 0.5) is 36.1 Å². The number of para-hydroxylation sites is 1. The molecule has 0 aliphatic heterocycles. The third kappa shape index (κ3) is 4.65. The van der Waals surface area contributed by atoms with Gasteiger partial charge in [-0.15, -0.1) is 0 Å². The number of hydrogen-bond acceptors (Lipinski definition) is 5. The van der Waals surface area contributed by atoms with E-state index in [-0.39, 0.29) is 22.8 Å². The maximum atomic E-state index is 13.5. The summed E-state index contributed by atoms with van der Waals surface area (Å²) in [6, 6.07) is 7.55. The molecule has 2 heterocycles. The van der Waals surface area contributed by atoms with Gasteiger partial charge in [-0.2, -0.15) is 18.3 Å². The van der Waals surface area contributed by atoms with Crippen molar-refractivity contribution in [3.8, 4) is 0 Å². The summed E-state index contributed by atoms with van der Waals surface area (Å²) >= 11 is 0. The van der Waals surface area contributed by atoms with Crippen LogP contribution in [0.2, 0.25) is 0 Å². The van der Waals surface area contributed by atoms with Gasteiger partial charge in [0.05, 0.1) is 34.4 Å². The van der Waals surface area contributed by atoms with Crippen molar-refractivity contribution in [2.24, 2.45) is 0 Å². The molecule has 0 aliphatic rings. The number of amides is 1. The van der Waals surface area contributed by atoms with Crippen LogP contribution in [0.5, 0.6) is 0 Å². The largest absolute Gasteiger partial charge is 0.419 e. The zero-order valence-corrected chi connectivity index (χ0v) is 15.7. The Morgan fingerprint density at radius 2 is 1.90 bits per heavy atom. The summed E-state index contributed by atoms with van der Waals surface area (Å²) < 4.78 is 42.1. The lowest BCUT2D eigenvalue weighted by molar-refractivity contribution is -0.137. The number of anilines is 4. The number of aryl methyl sites for hydroxylation is 1. The van der Waals surface area contributed by atoms with Crippen molar-refractivity contribution in [1.29, 1.82) is 0 Å². The molecular weight excluding hydrogens is 385 g/mol. The first-order valence-electron chi connectivity index (χ1n) is 8.76. The van der Waals surface area contributed by atoms with Gasteiger partial charge in [0, 0.05) is 32.1 Å². The molecule has 0 aliphatic carbocycles. The maximum Gasteiger partial charge on any atom is 0.419 e. The predicted molar refractivity (Wildman–Crippen MR) is 104 cm³/mol. The second-order valence-corrected chi connectivity index (χ2v) is 6.07. The molecule has 0 saturated heterocycles. The standard InChI is InChI=1S/C19H19F3N6O/c1-3-28-11-12(9-25-28)26-17-8-16(14(10-24-17)19(20,21)22)27-15-7-5-4-6-13(15)18(29)23-2/h4-11H,3H2,1-2H3,(H,23,29)(H2,24,26,27). The molecule has 3 rings (SSSR count). The van der Waals surface area contributed by atoms with Crippen molar-refractivity contribution in [2.45, 2.75) is 19.6 Å².